The van der Waals surface area contributed by atoms with Crippen molar-refractivity contribution in [1.82, 2.24) is 5.43 Å². The van der Waals surface area contributed by atoms with Crippen LogP contribution in [0.5, 0.6) is 5.75 Å². The second-order valence-electron chi connectivity index (χ2n) is 8.26. The second-order valence-corrected chi connectivity index (χ2v) is 9.35. The smallest absolute Gasteiger partial charge is 0.281 e. The highest BCUT2D eigenvalue weighted by atomic mass is 32.1. The minimum absolute atomic E-state index is 0.0144. The minimum atomic E-state index is -0.455. The number of fused-ring (bicyclic) bond motifs is 2. The van der Waals surface area contributed by atoms with Crippen LogP contribution in [0.15, 0.2) is 90.0 Å². The fourth-order valence-corrected chi connectivity index (χ4v) is 4.78. The molecule has 0 aliphatic heterocycles. The minimum Gasteiger partial charge on any atom is -0.488 e. The van der Waals surface area contributed by atoms with Gasteiger partial charge < -0.3 is 4.74 Å². The summed E-state index contributed by atoms with van der Waals surface area (Å²) in [6.45, 7) is 2.44. The Balaban J connectivity index is 1.38. The summed E-state index contributed by atoms with van der Waals surface area (Å²) in [4.78, 5) is 23.7. The zero-order chi connectivity index (χ0) is 25.1. The molecular weight excluding hydrogens is 474 g/mol. The summed E-state index contributed by atoms with van der Waals surface area (Å²) in [5.41, 5.74) is 5.55. The van der Waals surface area contributed by atoms with Gasteiger partial charge in [0.2, 0.25) is 0 Å². The van der Waals surface area contributed by atoms with Crippen molar-refractivity contribution < 1.29 is 14.5 Å². The van der Waals surface area contributed by atoms with E-state index in [2.05, 4.69) is 10.5 Å². The Morgan fingerprint density at radius 1 is 1.03 bits per heavy atom. The normalized spacial score (nSPS) is 11.2. The number of rotatable bonds is 7. The first-order valence-electron chi connectivity index (χ1n) is 11.2. The van der Waals surface area contributed by atoms with Gasteiger partial charge in [-0.2, -0.15) is 5.10 Å². The van der Waals surface area contributed by atoms with Crippen molar-refractivity contribution in [2.24, 2.45) is 5.10 Å². The summed E-state index contributed by atoms with van der Waals surface area (Å²) in [5, 5.41) is 17.8. The molecule has 8 heteroatoms. The van der Waals surface area contributed by atoms with Gasteiger partial charge in [0.15, 0.2) is 0 Å². The number of hydrazone groups is 1. The molecule has 0 fully saturated rings. The maximum atomic E-state index is 12.7. The van der Waals surface area contributed by atoms with E-state index in [-0.39, 0.29) is 5.69 Å². The fraction of sp³-hybridized carbons (Fsp3) is 0.0714. The number of aryl methyl sites for hydroxylation is 1. The van der Waals surface area contributed by atoms with Crippen LogP contribution >= 0.6 is 11.3 Å². The lowest BCUT2D eigenvalue weighted by Crippen LogP contribution is -2.16. The molecular formula is C28H21N3O4S. The van der Waals surface area contributed by atoms with Crippen LogP contribution in [0.1, 0.15) is 26.4 Å². The number of carbonyl (C=O) groups is 1. The van der Waals surface area contributed by atoms with E-state index in [4.69, 9.17) is 4.74 Å². The summed E-state index contributed by atoms with van der Waals surface area (Å²) in [7, 11) is 0. The predicted octanol–water partition coefficient (Wildman–Crippen LogP) is 6.61. The lowest BCUT2D eigenvalue weighted by Gasteiger charge is -2.12. The van der Waals surface area contributed by atoms with Crippen molar-refractivity contribution in [1.29, 1.82) is 0 Å². The van der Waals surface area contributed by atoms with E-state index in [1.165, 1.54) is 29.0 Å². The number of nitro groups is 1. The van der Waals surface area contributed by atoms with Gasteiger partial charge in [-0.15, -0.1) is 11.3 Å². The molecule has 1 amide bonds. The van der Waals surface area contributed by atoms with Crippen LogP contribution in [0.2, 0.25) is 0 Å². The number of ether oxygens (including phenoxy) is 1. The summed E-state index contributed by atoms with van der Waals surface area (Å²) in [5.74, 6) is 0.263. The average Bonchev–Trinajstić information content (AvgIpc) is 3.32. The zero-order valence-electron chi connectivity index (χ0n) is 19.3. The van der Waals surface area contributed by atoms with Crippen molar-refractivity contribution in [3.8, 4) is 5.75 Å². The standard InChI is InChI=1S/C28H21N3O4S/c1-18-6-8-19(9-7-18)17-35-25-12-10-20-4-2-3-5-23(20)24(25)16-29-30-28(32)27-15-21-14-22(31(33)34)11-13-26(21)36-27/h2-16H,17H2,1H3,(H,30,32)/b29-16-. The SMILES string of the molecule is Cc1ccc(COc2ccc3ccccc3c2/C=N\NC(=O)c2cc3cc([N+](=O)[O-])ccc3s2)cc1. The van der Waals surface area contributed by atoms with E-state index in [1.54, 1.807) is 18.3 Å². The lowest BCUT2D eigenvalue weighted by molar-refractivity contribution is -0.384. The number of nitrogens with zero attached hydrogens (tertiary/aromatic N) is 2. The molecule has 0 unspecified atom stereocenters. The number of hydrogen-bond donors (Lipinski definition) is 1. The van der Waals surface area contributed by atoms with Crippen LogP contribution in [0.4, 0.5) is 5.69 Å². The van der Waals surface area contributed by atoms with E-state index in [0.717, 1.165) is 26.6 Å². The van der Waals surface area contributed by atoms with Crippen LogP contribution < -0.4 is 10.2 Å². The van der Waals surface area contributed by atoms with Gasteiger partial charge in [-0.3, -0.25) is 14.9 Å². The summed E-state index contributed by atoms with van der Waals surface area (Å²) < 4.78 is 6.91. The Labute approximate surface area is 210 Å². The van der Waals surface area contributed by atoms with Crippen LogP contribution in [0.3, 0.4) is 0 Å². The maximum Gasteiger partial charge on any atom is 0.281 e. The molecule has 0 saturated carbocycles. The summed E-state index contributed by atoms with van der Waals surface area (Å²) >= 11 is 1.25. The highest BCUT2D eigenvalue weighted by molar-refractivity contribution is 7.20. The maximum absolute atomic E-state index is 12.7. The molecule has 5 rings (SSSR count). The zero-order valence-corrected chi connectivity index (χ0v) is 20.1. The van der Waals surface area contributed by atoms with Gasteiger partial charge in [-0.05, 0) is 41.5 Å². The molecule has 0 bridgehead atoms. The third-order valence-electron chi connectivity index (χ3n) is 5.74. The molecule has 1 N–H and O–H groups in total. The molecule has 178 valence electrons. The number of hydrogen-bond acceptors (Lipinski definition) is 6. The van der Waals surface area contributed by atoms with Crippen molar-refractivity contribution in [3.63, 3.8) is 0 Å². The molecule has 1 heterocycles. The lowest BCUT2D eigenvalue weighted by atomic mass is 10.0. The Bertz CT molecular complexity index is 1620. The highest BCUT2D eigenvalue weighted by Crippen LogP contribution is 2.29. The molecule has 0 aliphatic carbocycles. The number of non-ortho nitro benzene ring substituents is 1. The van der Waals surface area contributed by atoms with E-state index in [0.29, 0.717) is 22.6 Å². The van der Waals surface area contributed by atoms with E-state index in [9.17, 15) is 14.9 Å². The van der Waals surface area contributed by atoms with Crippen molar-refractivity contribution in [2.45, 2.75) is 13.5 Å². The van der Waals surface area contributed by atoms with E-state index >= 15 is 0 Å². The van der Waals surface area contributed by atoms with Gasteiger partial charge in [-0.25, -0.2) is 5.43 Å². The molecule has 1 aromatic heterocycles. The van der Waals surface area contributed by atoms with Gasteiger partial charge in [0.05, 0.1) is 16.0 Å². The molecule has 36 heavy (non-hydrogen) atoms. The molecule has 0 saturated heterocycles. The number of thiophene rings is 1. The van der Waals surface area contributed by atoms with Gasteiger partial charge in [0.25, 0.3) is 11.6 Å². The summed E-state index contributed by atoms with van der Waals surface area (Å²) in [6, 6.07) is 26.1. The number of amides is 1. The van der Waals surface area contributed by atoms with Gasteiger partial charge in [-0.1, -0.05) is 60.2 Å². The Hall–Kier alpha value is -4.56. The first kappa shape index (κ1) is 23.2. The van der Waals surface area contributed by atoms with Gasteiger partial charge in [0.1, 0.15) is 12.4 Å². The number of benzene rings is 4. The molecule has 0 radical (unpaired) electrons. The van der Waals surface area contributed by atoms with Gasteiger partial charge >= 0.3 is 0 Å². The first-order valence-corrected chi connectivity index (χ1v) is 12.0. The van der Waals surface area contributed by atoms with E-state index < -0.39 is 10.8 Å². The summed E-state index contributed by atoms with van der Waals surface area (Å²) in [6.07, 6.45) is 1.59. The average molecular weight is 496 g/mol. The Kier molecular flexibility index (Phi) is 6.42. The largest absolute Gasteiger partial charge is 0.488 e. The van der Waals surface area contributed by atoms with Crippen LogP contribution in [0.25, 0.3) is 20.9 Å². The third-order valence-corrected chi connectivity index (χ3v) is 6.85. The van der Waals surface area contributed by atoms with Crippen LogP contribution in [0, 0.1) is 17.0 Å². The number of nitrogens with one attached hydrogen (secondary N) is 1. The van der Waals surface area contributed by atoms with Crippen molar-refractivity contribution >= 4 is 50.0 Å². The number of nitro benzene ring substituents is 1. The molecule has 0 atom stereocenters. The van der Waals surface area contributed by atoms with Crippen LogP contribution in [-0.2, 0) is 6.61 Å². The first-order chi connectivity index (χ1) is 17.5. The van der Waals surface area contributed by atoms with Crippen molar-refractivity contribution in [2.75, 3.05) is 0 Å². The fourth-order valence-electron chi connectivity index (χ4n) is 3.85. The highest BCUT2D eigenvalue weighted by Gasteiger charge is 2.13. The molecule has 7 nitrogen and oxygen atoms in total. The molecule has 5 aromatic rings. The Morgan fingerprint density at radius 3 is 2.64 bits per heavy atom. The van der Waals surface area contributed by atoms with Crippen molar-refractivity contribution in [3.05, 3.63) is 117 Å². The number of carbonyl (C=O) groups excluding carboxylic acids is 1. The monoisotopic (exact) mass is 495 g/mol. The Morgan fingerprint density at radius 2 is 1.83 bits per heavy atom. The van der Waals surface area contributed by atoms with E-state index in [1.807, 2.05) is 67.6 Å². The molecule has 0 aliphatic rings. The second kappa shape index (κ2) is 9.97. The topological polar surface area (TPSA) is 93.8 Å². The third kappa shape index (κ3) is 4.94. The predicted molar refractivity (Wildman–Crippen MR) is 143 cm³/mol. The molecule has 0 spiro atoms. The van der Waals surface area contributed by atoms with Crippen LogP contribution in [-0.4, -0.2) is 17.0 Å². The van der Waals surface area contributed by atoms with Gasteiger partial charge in [0, 0.05) is 27.8 Å². The molecule has 4 aromatic carbocycles. The quantitative estimate of drug-likeness (QED) is 0.156.